The zero-order valence-electron chi connectivity index (χ0n) is 12.8. The van der Waals surface area contributed by atoms with Crippen LogP contribution in [0.3, 0.4) is 0 Å². The molecule has 0 saturated carbocycles. The van der Waals surface area contributed by atoms with Gasteiger partial charge < -0.3 is 15.4 Å². The smallest absolute Gasteiger partial charge is 0.135 e. The standard InChI is InChI=1S/C17H14Cl2N4O/c1-24-15-4-2-3-13(8-15)22-16-9-17(21-10-20-16)23-14-6-11(18)5-12(19)7-14/h2-10H,1H3,(H2,20,21,22,23). The van der Waals surface area contributed by atoms with Gasteiger partial charge in [-0.25, -0.2) is 9.97 Å². The van der Waals surface area contributed by atoms with Gasteiger partial charge in [0.2, 0.25) is 0 Å². The van der Waals surface area contributed by atoms with Crippen LogP contribution in [0, 0.1) is 0 Å². The fraction of sp³-hybridized carbons (Fsp3) is 0.0588. The maximum Gasteiger partial charge on any atom is 0.135 e. The Balaban J connectivity index is 1.78. The molecule has 0 aliphatic carbocycles. The second-order valence-electron chi connectivity index (χ2n) is 4.93. The maximum atomic E-state index is 6.00. The highest BCUT2D eigenvalue weighted by atomic mass is 35.5. The van der Waals surface area contributed by atoms with E-state index in [0.717, 1.165) is 17.1 Å². The van der Waals surface area contributed by atoms with Gasteiger partial charge >= 0.3 is 0 Å². The molecule has 0 amide bonds. The predicted molar refractivity (Wildman–Crippen MR) is 98.1 cm³/mol. The minimum atomic E-state index is 0.550. The topological polar surface area (TPSA) is 59.1 Å². The first-order chi connectivity index (χ1) is 11.6. The molecule has 0 fully saturated rings. The third-order valence-electron chi connectivity index (χ3n) is 3.14. The first-order valence-corrected chi connectivity index (χ1v) is 7.84. The number of nitrogens with one attached hydrogen (secondary N) is 2. The molecule has 0 atom stereocenters. The lowest BCUT2D eigenvalue weighted by atomic mass is 10.3. The third-order valence-corrected chi connectivity index (χ3v) is 3.58. The fourth-order valence-corrected chi connectivity index (χ4v) is 2.64. The number of nitrogens with zero attached hydrogens (tertiary/aromatic N) is 2. The molecule has 0 unspecified atom stereocenters. The molecule has 3 aromatic rings. The van der Waals surface area contributed by atoms with E-state index in [9.17, 15) is 0 Å². The molecule has 7 heteroatoms. The van der Waals surface area contributed by atoms with Crippen molar-refractivity contribution < 1.29 is 4.74 Å². The van der Waals surface area contributed by atoms with Crippen molar-refractivity contribution in [3.8, 4) is 5.75 Å². The summed E-state index contributed by atoms with van der Waals surface area (Å²) in [6, 6.07) is 14.6. The largest absolute Gasteiger partial charge is 0.497 e. The third kappa shape index (κ3) is 4.28. The number of methoxy groups -OCH3 is 1. The molecule has 0 aliphatic heterocycles. The van der Waals surface area contributed by atoms with Crippen LogP contribution in [0.5, 0.6) is 5.75 Å². The molecular formula is C17H14Cl2N4O. The zero-order valence-corrected chi connectivity index (χ0v) is 14.3. The predicted octanol–water partition coefficient (Wildman–Crippen LogP) is 5.28. The Bertz CT molecular complexity index is 837. The average Bonchev–Trinajstić information content (AvgIpc) is 2.54. The lowest BCUT2D eigenvalue weighted by molar-refractivity contribution is 0.415. The van der Waals surface area contributed by atoms with Gasteiger partial charge in [0.05, 0.1) is 7.11 Å². The van der Waals surface area contributed by atoms with Gasteiger partial charge in [0, 0.05) is 33.6 Å². The van der Waals surface area contributed by atoms with Gasteiger partial charge in [0.1, 0.15) is 23.7 Å². The van der Waals surface area contributed by atoms with Crippen LogP contribution in [0.25, 0.3) is 0 Å². The number of anilines is 4. The molecule has 0 saturated heterocycles. The van der Waals surface area contributed by atoms with E-state index < -0.39 is 0 Å². The summed E-state index contributed by atoms with van der Waals surface area (Å²) in [5.74, 6) is 2.03. The highest BCUT2D eigenvalue weighted by Gasteiger charge is 2.03. The van der Waals surface area contributed by atoms with E-state index in [-0.39, 0.29) is 0 Å². The second kappa shape index (κ2) is 7.38. The highest BCUT2D eigenvalue weighted by Crippen LogP contribution is 2.26. The monoisotopic (exact) mass is 360 g/mol. The first-order valence-electron chi connectivity index (χ1n) is 7.08. The van der Waals surface area contributed by atoms with Crippen LogP contribution in [0.15, 0.2) is 54.9 Å². The Kier molecular flexibility index (Phi) is 5.03. The van der Waals surface area contributed by atoms with Crippen LogP contribution >= 0.6 is 23.2 Å². The molecule has 0 radical (unpaired) electrons. The minimum Gasteiger partial charge on any atom is -0.497 e. The van der Waals surface area contributed by atoms with Crippen LogP contribution in [0.1, 0.15) is 0 Å². The molecule has 0 bridgehead atoms. The van der Waals surface area contributed by atoms with Crippen LogP contribution in [0.4, 0.5) is 23.0 Å². The number of rotatable bonds is 5. The molecule has 122 valence electrons. The van der Waals surface area contributed by atoms with Crippen molar-refractivity contribution in [1.82, 2.24) is 9.97 Å². The molecule has 0 spiro atoms. The van der Waals surface area contributed by atoms with Crippen LogP contribution in [-0.2, 0) is 0 Å². The van der Waals surface area contributed by atoms with Gasteiger partial charge in [0.25, 0.3) is 0 Å². The van der Waals surface area contributed by atoms with E-state index in [1.807, 2.05) is 24.3 Å². The number of halogens is 2. The normalized spacial score (nSPS) is 10.3. The van der Waals surface area contributed by atoms with Crippen molar-refractivity contribution >= 4 is 46.2 Å². The Morgan fingerprint density at radius 2 is 1.50 bits per heavy atom. The molecule has 1 aromatic heterocycles. The number of benzene rings is 2. The summed E-state index contributed by atoms with van der Waals surface area (Å²) in [5.41, 5.74) is 1.61. The van der Waals surface area contributed by atoms with Crippen molar-refractivity contribution in [2.24, 2.45) is 0 Å². The Morgan fingerprint density at radius 3 is 2.17 bits per heavy atom. The van der Waals surface area contributed by atoms with Crippen molar-refractivity contribution in [3.63, 3.8) is 0 Å². The van der Waals surface area contributed by atoms with E-state index in [2.05, 4.69) is 20.6 Å². The van der Waals surface area contributed by atoms with Crippen molar-refractivity contribution in [3.05, 3.63) is 64.9 Å². The van der Waals surface area contributed by atoms with Crippen molar-refractivity contribution in [2.45, 2.75) is 0 Å². The van der Waals surface area contributed by atoms with E-state index >= 15 is 0 Å². The second-order valence-corrected chi connectivity index (χ2v) is 5.80. The number of hydrogen-bond donors (Lipinski definition) is 2. The van der Waals surface area contributed by atoms with Crippen molar-refractivity contribution in [1.29, 1.82) is 0 Å². The molecular weight excluding hydrogens is 347 g/mol. The first kappa shape index (κ1) is 16.4. The van der Waals surface area contributed by atoms with Gasteiger partial charge in [-0.15, -0.1) is 0 Å². The number of hydrogen-bond acceptors (Lipinski definition) is 5. The molecule has 2 N–H and O–H groups in total. The zero-order chi connectivity index (χ0) is 16.9. The fourth-order valence-electron chi connectivity index (χ4n) is 2.12. The summed E-state index contributed by atoms with van der Waals surface area (Å²) in [7, 11) is 1.63. The van der Waals surface area contributed by atoms with Gasteiger partial charge in [0.15, 0.2) is 0 Å². The summed E-state index contributed by atoms with van der Waals surface area (Å²) in [6.07, 6.45) is 1.47. The lowest BCUT2D eigenvalue weighted by Crippen LogP contribution is -1.98. The Hall–Kier alpha value is -2.50. The Labute approximate surface area is 149 Å². The van der Waals surface area contributed by atoms with E-state index in [1.165, 1.54) is 6.33 Å². The maximum absolute atomic E-state index is 6.00. The Morgan fingerprint density at radius 1 is 0.833 bits per heavy atom. The number of ether oxygens (including phenoxy) is 1. The van der Waals surface area contributed by atoms with Crippen LogP contribution < -0.4 is 15.4 Å². The summed E-state index contributed by atoms with van der Waals surface area (Å²) in [4.78, 5) is 8.41. The lowest BCUT2D eigenvalue weighted by Gasteiger charge is -2.10. The molecule has 24 heavy (non-hydrogen) atoms. The van der Waals surface area contributed by atoms with Gasteiger partial charge in [-0.05, 0) is 30.3 Å². The number of aromatic nitrogens is 2. The van der Waals surface area contributed by atoms with Crippen LogP contribution in [0.2, 0.25) is 10.0 Å². The molecule has 2 aromatic carbocycles. The SMILES string of the molecule is COc1cccc(Nc2cc(Nc3cc(Cl)cc(Cl)c3)ncn2)c1. The summed E-state index contributed by atoms with van der Waals surface area (Å²) >= 11 is 12.0. The van der Waals surface area contributed by atoms with Crippen molar-refractivity contribution in [2.75, 3.05) is 17.7 Å². The highest BCUT2D eigenvalue weighted by molar-refractivity contribution is 6.35. The van der Waals surface area contributed by atoms with E-state index in [4.69, 9.17) is 27.9 Å². The molecule has 5 nitrogen and oxygen atoms in total. The average molecular weight is 361 g/mol. The summed E-state index contributed by atoms with van der Waals surface area (Å²) in [6.45, 7) is 0. The summed E-state index contributed by atoms with van der Waals surface area (Å²) < 4.78 is 5.21. The van der Waals surface area contributed by atoms with Gasteiger partial charge in [-0.3, -0.25) is 0 Å². The minimum absolute atomic E-state index is 0.550. The van der Waals surface area contributed by atoms with E-state index in [0.29, 0.717) is 21.7 Å². The molecule has 3 rings (SSSR count). The van der Waals surface area contributed by atoms with Crippen LogP contribution in [-0.4, -0.2) is 17.1 Å². The molecule has 1 heterocycles. The van der Waals surface area contributed by atoms with E-state index in [1.54, 1.807) is 31.4 Å². The van der Waals surface area contributed by atoms with Gasteiger partial charge in [-0.1, -0.05) is 29.3 Å². The quantitative estimate of drug-likeness (QED) is 0.648. The summed E-state index contributed by atoms with van der Waals surface area (Å²) in [5, 5.41) is 7.45. The van der Waals surface area contributed by atoms with Gasteiger partial charge in [-0.2, -0.15) is 0 Å². The molecule has 0 aliphatic rings.